The lowest BCUT2D eigenvalue weighted by molar-refractivity contribution is 0.0771. The fraction of sp³-hybridized carbons (Fsp3) is 0.250. The predicted molar refractivity (Wildman–Crippen MR) is 88.3 cm³/mol. The Kier molecular flexibility index (Phi) is 4.64. The van der Waals surface area contributed by atoms with E-state index >= 15 is 0 Å². The van der Waals surface area contributed by atoms with Crippen LogP contribution in [0.3, 0.4) is 0 Å². The van der Waals surface area contributed by atoms with Crippen LogP contribution in [0.15, 0.2) is 47.1 Å². The maximum Gasteiger partial charge on any atom is 0.255 e. The Morgan fingerprint density at radius 2 is 2.23 bits per heavy atom. The molecular weight excluding hydrogens is 368 g/mol. The van der Waals surface area contributed by atoms with Crippen LogP contribution in [0.5, 0.6) is 5.88 Å². The number of ether oxygens (including phenoxy) is 1. The van der Waals surface area contributed by atoms with Crippen LogP contribution < -0.4 is 4.74 Å². The molecule has 1 aromatic carbocycles. The van der Waals surface area contributed by atoms with Crippen LogP contribution in [0, 0.1) is 0 Å². The van der Waals surface area contributed by atoms with Crippen molar-refractivity contribution in [3.05, 3.63) is 57.7 Å². The molecule has 0 radical (unpaired) electrons. The lowest BCUT2D eigenvalue weighted by atomic mass is 10.2. The second-order valence-corrected chi connectivity index (χ2v) is 6.39. The first-order valence-corrected chi connectivity index (χ1v) is 8.12. The van der Waals surface area contributed by atoms with Gasteiger partial charge < -0.3 is 9.64 Å². The average Bonchev–Trinajstić information content (AvgIpc) is 2.98. The number of hydrogen-bond acceptors (Lipinski definition) is 3. The molecule has 0 saturated carbocycles. The van der Waals surface area contributed by atoms with Crippen molar-refractivity contribution in [2.45, 2.75) is 12.5 Å². The van der Waals surface area contributed by atoms with E-state index in [2.05, 4.69) is 20.9 Å². The number of rotatable bonds is 3. The lowest BCUT2D eigenvalue weighted by Gasteiger charge is -2.17. The van der Waals surface area contributed by atoms with Gasteiger partial charge in [0, 0.05) is 29.7 Å². The van der Waals surface area contributed by atoms with Crippen molar-refractivity contribution in [2.75, 3.05) is 13.1 Å². The van der Waals surface area contributed by atoms with Crippen LogP contribution in [0.4, 0.5) is 0 Å². The SMILES string of the molecule is O=C(c1cc(Br)ccc1Cl)N1CC[C@H](Oc2ccccn2)C1. The van der Waals surface area contributed by atoms with Crippen LogP contribution in [0.2, 0.25) is 5.02 Å². The largest absolute Gasteiger partial charge is 0.472 e. The van der Waals surface area contributed by atoms with Crippen molar-refractivity contribution in [2.24, 2.45) is 0 Å². The summed E-state index contributed by atoms with van der Waals surface area (Å²) in [5.41, 5.74) is 0.509. The minimum absolute atomic E-state index is 0.0372. The molecule has 1 aliphatic rings. The highest BCUT2D eigenvalue weighted by molar-refractivity contribution is 9.10. The molecule has 0 N–H and O–H groups in total. The third-order valence-electron chi connectivity index (χ3n) is 3.52. The number of benzene rings is 1. The van der Waals surface area contributed by atoms with Gasteiger partial charge in [-0.25, -0.2) is 4.98 Å². The lowest BCUT2D eigenvalue weighted by Crippen LogP contribution is -2.31. The molecule has 1 aliphatic heterocycles. The summed E-state index contributed by atoms with van der Waals surface area (Å²) in [5.74, 6) is 0.515. The molecule has 0 spiro atoms. The van der Waals surface area contributed by atoms with Gasteiger partial charge in [0.05, 0.1) is 17.1 Å². The molecule has 22 heavy (non-hydrogen) atoms. The quantitative estimate of drug-likeness (QED) is 0.812. The van der Waals surface area contributed by atoms with Crippen molar-refractivity contribution >= 4 is 33.4 Å². The Labute approximate surface area is 142 Å². The monoisotopic (exact) mass is 380 g/mol. The Morgan fingerprint density at radius 3 is 3.00 bits per heavy atom. The second-order valence-electron chi connectivity index (χ2n) is 5.07. The molecule has 0 aliphatic carbocycles. The highest BCUT2D eigenvalue weighted by atomic mass is 79.9. The molecule has 1 atom stereocenters. The van der Waals surface area contributed by atoms with Crippen LogP contribution in [-0.4, -0.2) is 35.0 Å². The van der Waals surface area contributed by atoms with E-state index in [1.807, 2.05) is 24.3 Å². The summed E-state index contributed by atoms with van der Waals surface area (Å²) >= 11 is 9.49. The Morgan fingerprint density at radius 1 is 1.36 bits per heavy atom. The number of aromatic nitrogens is 1. The van der Waals surface area contributed by atoms with Gasteiger partial charge in [-0.1, -0.05) is 33.6 Å². The maximum absolute atomic E-state index is 12.6. The molecule has 6 heteroatoms. The summed E-state index contributed by atoms with van der Waals surface area (Å²) in [6.45, 7) is 1.19. The first kappa shape index (κ1) is 15.3. The summed E-state index contributed by atoms with van der Waals surface area (Å²) in [7, 11) is 0. The first-order chi connectivity index (χ1) is 10.6. The van der Waals surface area contributed by atoms with Gasteiger partial charge in [-0.2, -0.15) is 0 Å². The molecule has 2 aromatic rings. The van der Waals surface area contributed by atoms with Gasteiger partial charge in [0.15, 0.2) is 0 Å². The molecule has 4 nitrogen and oxygen atoms in total. The number of pyridine rings is 1. The van der Waals surface area contributed by atoms with Crippen LogP contribution in [0.25, 0.3) is 0 Å². The number of carbonyl (C=O) groups is 1. The standard InChI is InChI=1S/C16H14BrClN2O2/c17-11-4-5-14(18)13(9-11)16(21)20-8-6-12(10-20)22-15-3-1-2-7-19-15/h1-5,7,9,12H,6,8,10H2/t12-/m0/s1. The topological polar surface area (TPSA) is 42.4 Å². The first-order valence-electron chi connectivity index (χ1n) is 6.95. The van der Waals surface area contributed by atoms with E-state index in [9.17, 15) is 4.79 Å². The Balaban J connectivity index is 1.67. The number of nitrogens with zero attached hydrogens (tertiary/aromatic N) is 2. The van der Waals surface area contributed by atoms with Gasteiger partial charge in [-0.15, -0.1) is 0 Å². The van der Waals surface area contributed by atoms with E-state index in [4.69, 9.17) is 16.3 Å². The third-order valence-corrected chi connectivity index (χ3v) is 4.34. The number of carbonyl (C=O) groups excluding carboxylic acids is 1. The fourth-order valence-corrected chi connectivity index (χ4v) is 2.99. The highest BCUT2D eigenvalue weighted by Crippen LogP contribution is 2.25. The van der Waals surface area contributed by atoms with Crippen molar-refractivity contribution in [3.8, 4) is 5.88 Å². The van der Waals surface area contributed by atoms with Gasteiger partial charge in [0.1, 0.15) is 6.10 Å². The zero-order chi connectivity index (χ0) is 15.5. The number of amides is 1. The predicted octanol–water partition coefficient (Wildman–Crippen LogP) is 3.79. The molecule has 114 valence electrons. The number of likely N-dealkylation sites (tertiary alicyclic amines) is 1. The molecule has 1 aromatic heterocycles. The molecule has 1 fully saturated rings. The van der Waals surface area contributed by atoms with Gasteiger partial charge in [0.25, 0.3) is 5.91 Å². The second kappa shape index (κ2) is 6.67. The molecule has 3 rings (SSSR count). The normalized spacial score (nSPS) is 17.5. The van der Waals surface area contributed by atoms with Crippen molar-refractivity contribution < 1.29 is 9.53 Å². The third kappa shape index (κ3) is 3.42. The summed E-state index contributed by atoms with van der Waals surface area (Å²) in [4.78, 5) is 18.5. The van der Waals surface area contributed by atoms with Crippen molar-refractivity contribution in [3.63, 3.8) is 0 Å². The van der Waals surface area contributed by atoms with Gasteiger partial charge in [-0.3, -0.25) is 4.79 Å². The molecular formula is C16H14BrClN2O2. The minimum atomic E-state index is -0.0709. The average molecular weight is 382 g/mol. The molecule has 0 unspecified atom stereocenters. The zero-order valence-corrected chi connectivity index (χ0v) is 14.0. The maximum atomic E-state index is 12.6. The Bertz CT molecular complexity index is 681. The van der Waals surface area contributed by atoms with Crippen LogP contribution in [-0.2, 0) is 0 Å². The summed E-state index contributed by atoms with van der Waals surface area (Å²) in [6.07, 6.45) is 2.44. The van der Waals surface area contributed by atoms with E-state index in [1.165, 1.54) is 0 Å². The van der Waals surface area contributed by atoms with E-state index in [1.54, 1.807) is 23.2 Å². The fourth-order valence-electron chi connectivity index (χ4n) is 2.43. The zero-order valence-electron chi connectivity index (χ0n) is 11.7. The van der Waals surface area contributed by atoms with E-state index in [0.29, 0.717) is 29.6 Å². The molecule has 1 saturated heterocycles. The van der Waals surface area contributed by atoms with Crippen LogP contribution >= 0.6 is 27.5 Å². The smallest absolute Gasteiger partial charge is 0.255 e. The van der Waals surface area contributed by atoms with Crippen molar-refractivity contribution in [1.29, 1.82) is 0 Å². The van der Waals surface area contributed by atoms with Gasteiger partial charge >= 0.3 is 0 Å². The molecule has 2 heterocycles. The van der Waals surface area contributed by atoms with E-state index in [0.717, 1.165) is 10.9 Å². The van der Waals surface area contributed by atoms with Gasteiger partial charge in [0.2, 0.25) is 5.88 Å². The molecule has 0 bridgehead atoms. The van der Waals surface area contributed by atoms with Gasteiger partial charge in [-0.05, 0) is 24.3 Å². The summed E-state index contributed by atoms with van der Waals surface area (Å²) < 4.78 is 6.63. The number of halogens is 2. The number of hydrogen-bond donors (Lipinski definition) is 0. The summed E-state index contributed by atoms with van der Waals surface area (Å²) in [6, 6.07) is 10.8. The Hall–Kier alpha value is -1.59. The molecule has 1 amide bonds. The minimum Gasteiger partial charge on any atom is -0.472 e. The highest BCUT2D eigenvalue weighted by Gasteiger charge is 2.29. The van der Waals surface area contributed by atoms with E-state index in [-0.39, 0.29) is 12.0 Å². The summed E-state index contributed by atoms with van der Waals surface area (Å²) in [5, 5.41) is 0.460. The van der Waals surface area contributed by atoms with Crippen LogP contribution in [0.1, 0.15) is 16.8 Å². The van der Waals surface area contributed by atoms with E-state index < -0.39 is 0 Å². The van der Waals surface area contributed by atoms with Crippen molar-refractivity contribution in [1.82, 2.24) is 9.88 Å².